The first kappa shape index (κ1) is 13.6. The lowest BCUT2D eigenvalue weighted by Crippen LogP contribution is -2.16. The molecule has 0 aromatic heterocycles. The molecule has 5 nitrogen and oxygen atoms in total. The zero-order chi connectivity index (χ0) is 14.5. The van der Waals surface area contributed by atoms with Gasteiger partial charge in [-0.2, -0.15) is 0 Å². The minimum Gasteiger partial charge on any atom is -0.454 e. The number of para-hydroxylation sites is 2. The molecule has 0 radical (unpaired) electrons. The maximum Gasteiger partial charge on any atom is 0.340 e. The number of anilines is 2. The standard InChI is InChI=1S/C15H14N2O3/c16-12-7-3-1-5-10(12)14(18)9-20-15(19)11-6-2-4-8-13(11)17/h1-8H,9,16-17H2. The number of benzene rings is 2. The van der Waals surface area contributed by atoms with Gasteiger partial charge in [-0.15, -0.1) is 0 Å². The second kappa shape index (κ2) is 5.88. The van der Waals surface area contributed by atoms with Crippen LogP contribution in [0.4, 0.5) is 11.4 Å². The number of esters is 1. The molecule has 0 heterocycles. The SMILES string of the molecule is Nc1ccccc1C(=O)COC(=O)c1ccccc1N. The summed E-state index contributed by atoms with van der Waals surface area (Å²) in [7, 11) is 0. The Balaban J connectivity index is 2.03. The third kappa shape index (κ3) is 2.95. The van der Waals surface area contributed by atoms with Crippen molar-refractivity contribution in [2.45, 2.75) is 0 Å². The molecule has 20 heavy (non-hydrogen) atoms. The second-order valence-electron chi connectivity index (χ2n) is 4.17. The number of ketones is 1. The Morgan fingerprint density at radius 2 is 1.35 bits per heavy atom. The molecule has 0 unspecified atom stereocenters. The molecule has 102 valence electrons. The van der Waals surface area contributed by atoms with Crippen molar-refractivity contribution in [3.05, 3.63) is 59.7 Å². The van der Waals surface area contributed by atoms with Crippen molar-refractivity contribution in [1.29, 1.82) is 0 Å². The number of carbonyl (C=O) groups is 2. The number of hydrogen-bond acceptors (Lipinski definition) is 5. The van der Waals surface area contributed by atoms with Gasteiger partial charge in [0, 0.05) is 16.9 Å². The van der Waals surface area contributed by atoms with Crippen molar-refractivity contribution < 1.29 is 14.3 Å². The van der Waals surface area contributed by atoms with Gasteiger partial charge in [0.1, 0.15) is 0 Å². The Hall–Kier alpha value is -2.82. The number of nitrogens with two attached hydrogens (primary N) is 2. The fraction of sp³-hybridized carbons (Fsp3) is 0.0667. The highest BCUT2D eigenvalue weighted by Gasteiger charge is 2.14. The lowest BCUT2D eigenvalue weighted by Gasteiger charge is -2.07. The van der Waals surface area contributed by atoms with Crippen molar-refractivity contribution >= 4 is 23.1 Å². The van der Waals surface area contributed by atoms with Crippen LogP contribution in [0.2, 0.25) is 0 Å². The molecular formula is C15H14N2O3. The van der Waals surface area contributed by atoms with Crippen LogP contribution in [0.1, 0.15) is 20.7 Å². The number of carbonyl (C=O) groups excluding carboxylic acids is 2. The van der Waals surface area contributed by atoms with Gasteiger partial charge in [0.15, 0.2) is 6.61 Å². The molecular weight excluding hydrogens is 256 g/mol. The van der Waals surface area contributed by atoms with E-state index < -0.39 is 5.97 Å². The molecule has 5 heteroatoms. The summed E-state index contributed by atoms with van der Waals surface area (Å²) < 4.78 is 4.96. The van der Waals surface area contributed by atoms with Gasteiger partial charge >= 0.3 is 5.97 Å². The first-order valence-electron chi connectivity index (χ1n) is 5.99. The van der Waals surface area contributed by atoms with E-state index in [0.717, 1.165) is 0 Å². The van der Waals surface area contributed by atoms with Crippen LogP contribution in [0, 0.1) is 0 Å². The van der Waals surface area contributed by atoms with E-state index in [1.54, 1.807) is 48.5 Å². The van der Waals surface area contributed by atoms with E-state index in [2.05, 4.69) is 0 Å². The Labute approximate surface area is 116 Å². The summed E-state index contributed by atoms with van der Waals surface area (Å²) in [6, 6.07) is 13.1. The first-order chi connectivity index (χ1) is 9.59. The molecule has 4 N–H and O–H groups in total. The van der Waals surface area contributed by atoms with Crippen LogP contribution in [0.25, 0.3) is 0 Å². The van der Waals surface area contributed by atoms with Gasteiger partial charge in [0.2, 0.25) is 5.78 Å². The molecule has 0 amide bonds. The van der Waals surface area contributed by atoms with Gasteiger partial charge in [-0.1, -0.05) is 24.3 Å². The summed E-state index contributed by atoms with van der Waals surface area (Å²) in [5.41, 5.74) is 12.6. The van der Waals surface area contributed by atoms with Crippen molar-refractivity contribution in [2.75, 3.05) is 18.1 Å². The minimum absolute atomic E-state index is 0.237. The van der Waals surface area contributed by atoms with E-state index in [0.29, 0.717) is 16.9 Å². The Morgan fingerprint density at radius 1 is 0.850 bits per heavy atom. The zero-order valence-electron chi connectivity index (χ0n) is 10.7. The summed E-state index contributed by atoms with van der Waals surface area (Å²) in [6.07, 6.45) is 0. The van der Waals surface area contributed by atoms with E-state index in [-0.39, 0.29) is 18.0 Å². The Morgan fingerprint density at radius 3 is 1.90 bits per heavy atom. The average Bonchev–Trinajstić information content (AvgIpc) is 2.45. The highest BCUT2D eigenvalue weighted by Crippen LogP contribution is 2.14. The van der Waals surface area contributed by atoms with Crippen LogP contribution in [0.5, 0.6) is 0 Å². The minimum atomic E-state index is -0.633. The van der Waals surface area contributed by atoms with Gasteiger partial charge in [-0.25, -0.2) is 4.79 Å². The van der Waals surface area contributed by atoms with Crippen LogP contribution < -0.4 is 11.5 Å². The second-order valence-corrected chi connectivity index (χ2v) is 4.17. The Bertz CT molecular complexity index is 596. The summed E-state index contributed by atoms with van der Waals surface area (Å²) in [6.45, 7) is -0.374. The van der Waals surface area contributed by atoms with Crippen molar-refractivity contribution in [1.82, 2.24) is 0 Å². The quantitative estimate of drug-likeness (QED) is 0.502. The summed E-state index contributed by atoms with van der Waals surface area (Å²) in [5.74, 6) is -0.989. The predicted octanol–water partition coefficient (Wildman–Crippen LogP) is 1.89. The van der Waals surface area contributed by atoms with Gasteiger partial charge in [-0.05, 0) is 24.3 Å². The van der Waals surface area contributed by atoms with Gasteiger partial charge in [0.25, 0.3) is 0 Å². The maximum atomic E-state index is 11.9. The molecule has 0 aliphatic carbocycles. The van der Waals surface area contributed by atoms with Crippen LogP contribution in [-0.4, -0.2) is 18.4 Å². The number of rotatable bonds is 4. The monoisotopic (exact) mass is 270 g/mol. The summed E-state index contributed by atoms with van der Waals surface area (Å²) in [5, 5.41) is 0. The number of nitrogen functional groups attached to an aromatic ring is 2. The van der Waals surface area contributed by atoms with Crippen molar-refractivity contribution in [3.63, 3.8) is 0 Å². The molecule has 0 aliphatic rings. The highest BCUT2D eigenvalue weighted by molar-refractivity contribution is 6.03. The van der Waals surface area contributed by atoms with E-state index in [1.807, 2.05) is 0 Å². The van der Waals surface area contributed by atoms with E-state index >= 15 is 0 Å². The molecule has 2 rings (SSSR count). The lowest BCUT2D eigenvalue weighted by atomic mass is 10.1. The Kier molecular flexibility index (Phi) is 4.00. The molecule has 0 saturated carbocycles. The molecule has 0 fully saturated rings. The maximum absolute atomic E-state index is 11.9. The predicted molar refractivity (Wildman–Crippen MR) is 76.3 cm³/mol. The first-order valence-corrected chi connectivity index (χ1v) is 5.99. The zero-order valence-corrected chi connectivity index (χ0v) is 10.7. The van der Waals surface area contributed by atoms with Gasteiger partial charge in [0.05, 0.1) is 5.56 Å². The van der Waals surface area contributed by atoms with Gasteiger partial charge < -0.3 is 16.2 Å². The summed E-state index contributed by atoms with van der Waals surface area (Å²) >= 11 is 0. The van der Waals surface area contributed by atoms with E-state index in [9.17, 15) is 9.59 Å². The topological polar surface area (TPSA) is 95.4 Å². The molecule has 2 aromatic rings. The molecule has 0 bridgehead atoms. The number of ether oxygens (including phenoxy) is 1. The van der Waals surface area contributed by atoms with Crippen LogP contribution >= 0.6 is 0 Å². The smallest absolute Gasteiger partial charge is 0.340 e. The highest BCUT2D eigenvalue weighted by atomic mass is 16.5. The molecule has 0 aliphatic heterocycles. The van der Waals surface area contributed by atoms with Crippen LogP contribution in [-0.2, 0) is 4.74 Å². The molecule has 0 atom stereocenters. The molecule has 0 saturated heterocycles. The average molecular weight is 270 g/mol. The fourth-order valence-electron chi connectivity index (χ4n) is 1.72. The lowest BCUT2D eigenvalue weighted by molar-refractivity contribution is 0.0476. The molecule has 0 spiro atoms. The third-order valence-electron chi connectivity index (χ3n) is 2.78. The van der Waals surface area contributed by atoms with Crippen LogP contribution in [0.15, 0.2) is 48.5 Å². The van der Waals surface area contributed by atoms with E-state index in [1.165, 1.54) is 0 Å². The number of Topliss-reactive ketones (excluding diaryl/α,β-unsaturated/α-hetero) is 1. The molecule has 2 aromatic carbocycles. The largest absolute Gasteiger partial charge is 0.454 e. The van der Waals surface area contributed by atoms with Crippen molar-refractivity contribution in [2.24, 2.45) is 0 Å². The van der Waals surface area contributed by atoms with Crippen molar-refractivity contribution in [3.8, 4) is 0 Å². The third-order valence-corrected chi connectivity index (χ3v) is 2.78. The fourth-order valence-corrected chi connectivity index (χ4v) is 1.72. The van der Waals surface area contributed by atoms with Crippen LogP contribution in [0.3, 0.4) is 0 Å². The van der Waals surface area contributed by atoms with Gasteiger partial charge in [-0.3, -0.25) is 4.79 Å². The normalized spacial score (nSPS) is 10.0. The van der Waals surface area contributed by atoms with E-state index in [4.69, 9.17) is 16.2 Å². The summed E-state index contributed by atoms with van der Waals surface area (Å²) in [4.78, 5) is 23.7. The number of hydrogen-bond donors (Lipinski definition) is 2.